The van der Waals surface area contributed by atoms with Crippen LogP contribution in [0.25, 0.3) is 0 Å². The van der Waals surface area contributed by atoms with Crippen molar-refractivity contribution < 1.29 is 33.7 Å². The molecule has 0 radical (unpaired) electrons. The molecule has 10 heteroatoms. The summed E-state index contributed by atoms with van der Waals surface area (Å²) in [6, 6.07) is 13.6. The normalized spacial score (nSPS) is 12.1. The number of ether oxygens (including phenoxy) is 3. The maximum absolute atomic E-state index is 12.4. The molecule has 210 valence electrons. The first kappa shape index (κ1) is 33.1. The molecule has 0 aromatic heterocycles. The molecule has 3 N–H and O–H groups in total. The van der Waals surface area contributed by atoms with Gasteiger partial charge in [0.2, 0.25) is 0 Å². The van der Waals surface area contributed by atoms with Crippen LogP contribution in [0.2, 0.25) is 0 Å². The molecule has 0 aliphatic heterocycles. The summed E-state index contributed by atoms with van der Waals surface area (Å²) in [6.07, 6.45) is -0.988. The van der Waals surface area contributed by atoms with E-state index >= 15 is 0 Å². The van der Waals surface area contributed by atoms with Crippen LogP contribution in [0.1, 0.15) is 53.2 Å². The van der Waals surface area contributed by atoms with Gasteiger partial charge in [-0.15, -0.1) is 17.0 Å². The fraction of sp³-hybridized carbons (Fsp3) is 0.464. The number of hydrogen-bond acceptors (Lipinski definition) is 8. The minimum absolute atomic E-state index is 0. The van der Waals surface area contributed by atoms with Gasteiger partial charge >= 0.3 is 11.9 Å². The number of carbonyl (C=O) groups excluding carboxylic acids is 3. The summed E-state index contributed by atoms with van der Waals surface area (Å²) < 4.78 is 16.4. The standard InChI is InChI=1S/C28H38N2O7.BrH/c1-27(2,3)25(33)36-21-14-19(15-22(16-21)37-26(34)28(4,5)6)23(31)17-29-12-13-30-24(32)18-35-20-10-8-7-9-11-20;/h7-11,14-16,23,29,31H,12-13,17-18H2,1-6H3,(H,30,32);1H. The maximum atomic E-state index is 12.4. The predicted molar refractivity (Wildman–Crippen MR) is 150 cm³/mol. The fourth-order valence-corrected chi connectivity index (χ4v) is 2.79. The first-order valence-electron chi connectivity index (χ1n) is 12.2. The molecule has 0 aliphatic rings. The highest BCUT2D eigenvalue weighted by Crippen LogP contribution is 2.30. The van der Waals surface area contributed by atoms with Gasteiger partial charge in [-0.05, 0) is 71.4 Å². The Morgan fingerprint density at radius 2 is 1.34 bits per heavy atom. The molecule has 0 heterocycles. The Hall–Kier alpha value is -2.95. The van der Waals surface area contributed by atoms with Gasteiger partial charge in [0.05, 0.1) is 16.9 Å². The highest BCUT2D eigenvalue weighted by Gasteiger charge is 2.26. The number of hydrogen-bond donors (Lipinski definition) is 3. The van der Waals surface area contributed by atoms with Gasteiger partial charge in [-0.25, -0.2) is 0 Å². The van der Waals surface area contributed by atoms with Gasteiger partial charge < -0.3 is 30.0 Å². The summed E-state index contributed by atoms with van der Waals surface area (Å²) in [6.45, 7) is 11.2. The molecule has 38 heavy (non-hydrogen) atoms. The average molecular weight is 596 g/mol. The number of aliphatic hydroxyl groups is 1. The lowest BCUT2D eigenvalue weighted by Crippen LogP contribution is -2.36. The lowest BCUT2D eigenvalue weighted by atomic mass is 9.97. The Labute approximate surface area is 235 Å². The maximum Gasteiger partial charge on any atom is 0.316 e. The van der Waals surface area contributed by atoms with Crippen molar-refractivity contribution in [3.8, 4) is 17.2 Å². The summed E-state index contributed by atoms with van der Waals surface area (Å²) in [4.78, 5) is 36.7. The van der Waals surface area contributed by atoms with Crippen molar-refractivity contribution in [2.75, 3.05) is 26.2 Å². The van der Waals surface area contributed by atoms with E-state index in [1.807, 2.05) is 18.2 Å². The zero-order valence-electron chi connectivity index (χ0n) is 22.8. The first-order chi connectivity index (χ1) is 17.3. The van der Waals surface area contributed by atoms with E-state index in [-0.39, 0.29) is 47.5 Å². The lowest BCUT2D eigenvalue weighted by molar-refractivity contribution is -0.143. The van der Waals surface area contributed by atoms with E-state index < -0.39 is 28.9 Å². The van der Waals surface area contributed by atoms with Crippen LogP contribution in [0.15, 0.2) is 48.5 Å². The average Bonchev–Trinajstić information content (AvgIpc) is 2.81. The summed E-state index contributed by atoms with van der Waals surface area (Å²) >= 11 is 0. The summed E-state index contributed by atoms with van der Waals surface area (Å²) in [5, 5.41) is 16.5. The van der Waals surface area contributed by atoms with E-state index in [2.05, 4.69) is 10.6 Å². The minimum Gasteiger partial charge on any atom is -0.484 e. The van der Waals surface area contributed by atoms with Crippen molar-refractivity contribution in [1.82, 2.24) is 10.6 Å². The van der Waals surface area contributed by atoms with Crippen LogP contribution >= 0.6 is 17.0 Å². The van der Waals surface area contributed by atoms with Gasteiger partial charge in [-0.3, -0.25) is 14.4 Å². The molecule has 0 saturated carbocycles. The van der Waals surface area contributed by atoms with Crippen molar-refractivity contribution in [2.24, 2.45) is 10.8 Å². The zero-order valence-corrected chi connectivity index (χ0v) is 24.5. The molecule has 0 bridgehead atoms. The number of amides is 1. The molecule has 0 fully saturated rings. The van der Waals surface area contributed by atoms with Gasteiger partial charge in [-0.2, -0.15) is 0 Å². The molecular formula is C28H39BrN2O7. The second kappa shape index (κ2) is 14.8. The molecule has 2 aromatic carbocycles. The van der Waals surface area contributed by atoms with E-state index in [1.165, 1.54) is 18.2 Å². The van der Waals surface area contributed by atoms with Crippen molar-refractivity contribution in [3.05, 3.63) is 54.1 Å². The van der Waals surface area contributed by atoms with E-state index in [0.29, 0.717) is 24.4 Å². The van der Waals surface area contributed by atoms with Crippen LogP contribution in [0.4, 0.5) is 0 Å². The highest BCUT2D eigenvalue weighted by molar-refractivity contribution is 8.93. The molecule has 0 aliphatic carbocycles. The molecule has 0 spiro atoms. The van der Waals surface area contributed by atoms with Crippen LogP contribution in [0.3, 0.4) is 0 Å². The van der Waals surface area contributed by atoms with E-state index in [1.54, 1.807) is 53.7 Å². The first-order valence-corrected chi connectivity index (χ1v) is 12.2. The SMILES string of the molecule is Br.CC(C)(C)C(=O)Oc1cc(OC(=O)C(C)(C)C)cc(C(O)CNCCNC(=O)COc2ccccc2)c1. The number of halogens is 1. The highest BCUT2D eigenvalue weighted by atomic mass is 79.9. The van der Waals surface area contributed by atoms with Crippen molar-refractivity contribution >= 4 is 34.8 Å². The number of nitrogens with one attached hydrogen (secondary N) is 2. The zero-order chi connectivity index (χ0) is 27.6. The smallest absolute Gasteiger partial charge is 0.316 e. The number of carbonyl (C=O) groups is 3. The van der Waals surface area contributed by atoms with E-state index in [9.17, 15) is 19.5 Å². The second-order valence-corrected chi connectivity index (χ2v) is 10.7. The molecule has 1 atom stereocenters. The van der Waals surface area contributed by atoms with Gasteiger partial charge in [0.25, 0.3) is 5.91 Å². The molecular weight excluding hydrogens is 556 g/mol. The largest absolute Gasteiger partial charge is 0.484 e. The molecule has 2 aromatic rings. The third kappa shape index (κ3) is 11.6. The molecule has 2 rings (SSSR count). The number of esters is 2. The summed E-state index contributed by atoms with van der Waals surface area (Å²) in [7, 11) is 0. The van der Waals surface area contributed by atoms with Gasteiger partial charge in [0, 0.05) is 25.7 Å². The third-order valence-corrected chi connectivity index (χ3v) is 5.01. The van der Waals surface area contributed by atoms with Crippen LogP contribution in [0, 0.1) is 10.8 Å². The van der Waals surface area contributed by atoms with E-state index in [0.717, 1.165) is 0 Å². The van der Waals surface area contributed by atoms with Gasteiger partial charge in [0.1, 0.15) is 17.2 Å². The third-order valence-electron chi connectivity index (χ3n) is 5.01. The summed E-state index contributed by atoms with van der Waals surface area (Å²) in [5.74, 6) is -0.237. The van der Waals surface area contributed by atoms with Crippen LogP contribution in [0.5, 0.6) is 17.2 Å². The Morgan fingerprint density at radius 3 is 1.84 bits per heavy atom. The molecule has 9 nitrogen and oxygen atoms in total. The van der Waals surface area contributed by atoms with Gasteiger partial charge in [0.15, 0.2) is 6.61 Å². The van der Waals surface area contributed by atoms with Crippen LogP contribution < -0.4 is 24.8 Å². The lowest BCUT2D eigenvalue weighted by Gasteiger charge is -2.20. The van der Waals surface area contributed by atoms with Crippen molar-refractivity contribution in [3.63, 3.8) is 0 Å². The topological polar surface area (TPSA) is 123 Å². The van der Waals surface area contributed by atoms with Crippen molar-refractivity contribution in [2.45, 2.75) is 47.6 Å². The molecule has 1 unspecified atom stereocenters. The molecule has 0 saturated heterocycles. The quantitative estimate of drug-likeness (QED) is 0.203. The summed E-state index contributed by atoms with van der Waals surface area (Å²) in [5.41, 5.74) is -1.08. The molecule has 1 amide bonds. The fourth-order valence-electron chi connectivity index (χ4n) is 2.79. The Kier molecular flexibility index (Phi) is 12.9. The van der Waals surface area contributed by atoms with Crippen LogP contribution in [-0.2, 0) is 14.4 Å². The van der Waals surface area contributed by atoms with E-state index in [4.69, 9.17) is 14.2 Å². The number of rotatable bonds is 11. The van der Waals surface area contributed by atoms with Crippen LogP contribution in [-0.4, -0.2) is 49.2 Å². The van der Waals surface area contributed by atoms with Crippen molar-refractivity contribution in [1.29, 1.82) is 0 Å². The predicted octanol–water partition coefficient (Wildman–Crippen LogP) is 3.99. The minimum atomic E-state index is -0.988. The van der Waals surface area contributed by atoms with Gasteiger partial charge in [-0.1, -0.05) is 18.2 Å². The number of aliphatic hydroxyl groups excluding tert-OH is 1. The Balaban J connectivity index is 0.00000722. The Morgan fingerprint density at radius 1 is 0.816 bits per heavy atom. The number of para-hydroxylation sites is 1. The number of benzene rings is 2. The second-order valence-electron chi connectivity index (χ2n) is 10.7. The monoisotopic (exact) mass is 594 g/mol. The Bertz CT molecular complexity index is 1020.